The van der Waals surface area contributed by atoms with Gasteiger partial charge >= 0.3 is 0 Å². The van der Waals surface area contributed by atoms with E-state index in [4.69, 9.17) is 11.3 Å². The number of nitrogen functional groups attached to an aromatic ring is 1. The second kappa shape index (κ2) is 2.18. The van der Waals surface area contributed by atoms with Gasteiger partial charge in [0.25, 0.3) is 0 Å². The highest BCUT2D eigenvalue weighted by Gasteiger charge is 1.90. The van der Waals surface area contributed by atoms with Crippen molar-refractivity contribution in [2.45, 2.75) is 0 Å². The highest BCUT2D eigenvalue weighted by Crippen LogP contribution is 1.92. The number of nitrogens with one attached hydrogen (secondary N) is 1. The Morgan fingerprint density at radius 1 is 1.78 bits per heavy atom. The maximum absolute atomic E-state index is 7.17. The smallest absolute Gasteiger partial charge is 0.176 e. The average molecular weight is 189 g/mol. The standard InChI is InChI=1S/C4H5BrN4/c5-3-4(6)9(7)2-1-8-3/h1-2,6H,7H2. The summed E-state index contributed by atoms with van der Waals surface area (Å²) in [6.07, 6.45) is 3.02. The molecule has 0 radical (unpaired) electrons. The molecule has 0 bridgehead atoms. The van der Waals surface area contributed by atoms with Crippen molar-refractivity contribution in [3.05, 3.63) is 22.5 Å². The van der Waals surface area contributed by atoms with E-state index < -0.39 is 0 Å². The number of halogens is 1. The van der Waals surface area contributed by atoms with Gasteiger partial charge in [-0.05, 0) is 15.9 Å². The van der Waals surface area contributed by atoms with Crippen molar-refractivity contribution >= 4 is 15.9 Å². The van der Waals surface area contributed by atoms with Crippen molar-refractivity contribution in [2.75, 3.05) is 5.84 Å². The van der Waals surface area contributed by atoms with E-state index in [-0.39, 0.29) is 5.49 Å². The lowest BCUT2D eigenvalue weighted by atomic mass is 10.7. The lowest BCUT2D eigenvalue weighted by Gasteiger charge is -1.95. The number of nitrogens with two attached hydrogens (primary N) is 1. The summed E-state index contributed by atoms with van der Waals surface area (Å²) in [6, 6.07) is 0. The molecule has 0 amide bonds. The molecule has 0 aliphatic carbocycles. The molecule has 0 fully saturated rings. The van der Waals surface area contributed by atoms with Crippen molar-refractivity contribution in [1.82, 2.24) is 9.66 Å². The van der Waals surface area contributed by atoms with Gasteiger partial charge in [0.2, 0.25) is 0 Å². The maximum Gasteiger partial charge on any atom is 0.176 e. The molecule has 3 N–H and O–H groups in total. The van der Waals surface area contributed by atoms with Crippen LogP contribution < -0.4 is 11.3 Å². The zero-order valence-corrected chi connectivity index (χ0v) is 6.09. The van der Waals surface area contributed by atoms with Crippen LogP contribution >= 0.6 is 15.9 Å². The largest absolute Gasteiger partial charge is 0.338 e. The van der Waals surface area contributed by atoms with Crippen LogP contribution in [0, 0.1) is 5.41 Å². The molecule has 4 nitrogen and oxygen atoms in total. The van der Waals surface area contributed by atoms with Crippen LogP contribution in [0.3, 0.4) is 0 Å². The van der Waals surface area contributed by atoms with Crippen LogP contribution in [0.1, 0.15) is 0 Å². The highest BCUT2D eigenvalue weighted by molar-refractivity contribution is 9.10. The van der Waals surface area contributed by atoms with Gasteiger partial charge in [0.15, 0.2) is 5.49 Å². The minimum absolute atomic E-state index is 0.164. The van der Waals surface area contributed by atoms with Gasteiger partial charge in [0.05, 0.1) is 0 Å². The van der Waals surface area contributed by atoms with Gasteiger partial charge < -0.3 is 5.84 Å². The van der Waals surface area contributed by atoms with Crippen molar-refractivity contribution in [2.24, 2.45) is 0 Å². The first kappa shape index (κ1) is 6.28. The van der Waals surface area contributed by atoms with E-state index >= 15 is 0 Å². The zero-order valence-electron chi connectivity index (χ0n) is 4.50. The predicted octanol–water partition coefficient (Wildman–Crippen LogP) is -0.161. The molecule has 0 spiro atoms. The Bertz CT molecular complexity index is 242. The molecule has 48 valence electrons. The summed E-state index contributed by atoms with van der Waals surface area (Å²) in [5, 5.41) is 7.17. The number of hydrogen-bond donors (Lipinski definition) is 2. The molecule has 1 aromatic rings. The molecular weight excluding hydrogens is 184 g/mol. The van der Waals surface area contributed by atoms with Crippen molar-refractivity contribution in [3.63, 3.8) is 0 Å². The van der Waals surface area contributed by atoms with Crippen LogP contribution in [0.4, 0.5) is 0 Å². The minimum atomic E-state index is 0.164. The van der Waals surface area contributed by atoms with Crippen LogP contribution in [0.2, 0.25) is 0 Å². The first-order valence-electron chi connectivity index (χ1n) is 2.24. The lowest BCUT2D eigenvalue weighted by molar-refractivity contribution is 0.841. The van der Waals surface area contributed by atoms with Crippen LogP contribution in [0.25, 0.3) is 0 Å². The van der Waals surface area contributed by atoms with Gasteiger partial charge in [0, 0.05) is 12.4 Å². The molecule has 1 heterocycles. The van der Waals surface area contributed by atoms with E-state index in [1.54, 1.807) is 0 Å². The van der Waals surface area contributed by atoms with Crippen molar-refractivity contribution in [3.8, 4) is 0 Å². The second-order valence-electron chi connectivity index (χ2n) is 1.47. The summed E-state index contributed by atoms with van der Waals surface area (Å²) < 4.78 is 1.63. The predicted molar refractivity (Wildman–Crippen MR) is 35.9 cm³/mol. The molecule has 0 atom stereocenters. The number of rotatable bonds is 0. The molecule has 0 saturated carbocycles. The van der Waals surface area contributed by atoms with Crippen LogP contribution in [0.15, 0.2) is 17.0 Å². The van der Waals surface area contributed by atoms with E-state index in [9.17, 15) is 0 Å². The molecule has 5 heteroatoms. The number of hydrogen-bond acceptors (Lipinski definition) is 3. The van der Waals surface area contributed by atoms with Gasteiger partial charge in [0.1, 0.15) is 4.60 Å². The quantitative estimate of drug-likeness (QED) is 0.556. The second-order valence-corrected chi connectivity index (χ2v) is 2.23. The Morgan fingerprint density at radius 2 is 2.44 bits per heavy atom. The minimum Gasteiger partial charge on any atom is -0.338 e. The summed E-state index contributed by atoms with van der Waals surface area (Å²) in [5.41, 5.74) is 0.164. The molecule has 0 saturated heterocycles. The zero-order chi connectivity index (χ0) is 6.85. The highest BCUT2D eigenvalue weighted by atomic mass is 79.9. The third kappa shape index (κ3) is 1.10. The lowest BCUT2D eigenvalue weighted by Crippen LogP contribution is -2.27. The Morgan fingerprint density at radius 3 is 2.89 bits per heavy atom. The molecule has 1 rings (SSSR count). The molecule has 1 aromatic heterocycles. The molecule has 9 heavy (non-hydrogen) atoms. The van der Waals surface area contributed by atoms with Gasteiger partial charge in [-0.1, -0.05) is 0 Å². The van der Waals surface area contributed by atoms with Gasteiger partial charge in [-0.25, -0.2) is 9.66 Å². The van der Waals surface area contributed by atoms with Crippen molar-refractivity contribution < 1.29 is 0 Å². The SMILES string of the molecule is N=c1c(Br)nccn1N. The van der Waals surface area contributed by atoms with E-state index in [0.717, 1.165) is 0 Å². The van der Waals surface area contributed by atoms with Crippen LogP contribution in [0.5, 0.6) is 0 Å². The molecule has 0 aromatic carbocycles. The Labute approximate surface area is 59.9 Å². The first-order chi connectivity index (χ1) is 4.22. The summed E-state index contributed by atoms with van der Waals surface area (Å²) in [7, 11) is 0. The van der Waals surface area contributed by atoms with E-state index in [1.165, 1.54) is 17.1 Å². The third-order valence-electron chi connectivity index (χ3n) is 0.869. The van der Waals surface area contributed by atoms with Crippen LogP contribution in [-0.2, 0) is 0 Å². The number of nitrogens with zero attached hydrogens (tertiary/aromatic N) is 2. The topological polar surface area (TPSA) is 67.7 Å². The third-order valence-corrected chi connectivity index (χ3v) is 1.45. The molecular formula is C4H5BrN4. The van der Waals surface area contributed by atoms with E-state index in [0.29, 0.717) is 4.60 Å². The molecule has 0 aliphatic heterocycles. The fourth-order valence-corrected chi connectivity index (χ4v) is 0.736. The van der Waals surface area contributed by atoms with Crippen molar-refractivity contribution in [1.29, 1.82) is 5.41 Å². The van der Waals surface area contributed by atoms with Gasteiger partial charge in [-0.15, -0.1) is 0 Å². The van der Waals surface area contributed by atoms with Gasteiger partial charge in [-0.2, -0.15) is 0 Å². The first-order valence-corrected chi connectivity index (χ1v) is 3.04. The Kier molecular flexibility index (Phi) is 1.52. The summed E-state index contributed by atoms with van der Waals surface area (Å²) in [5.74, 6) is 5.28. The van der Waals surface area contributed by atoms with E-state index in [1.807, 2.05) is 0 Å². The summed E-state index contributed by atoms with van der Waals surface area (Å²) >= 11 is 3.05. The number of aromatic nitrogens is 2. The Hall–Kier alpha value is -0.840. The average Bonchev–Trinajstić information content (AvgIpc) is 1.83. The van der Waals surface area contributed by atoms with E-state index in [2.05, 4.69) is 20.9 Å². The fraction of sp³-hybridized carbons (Fsp3) is 0. The summed E-state index contributed by atoms with van der Waals surface area (Å²) in [4.78, 5) is 3.77. The Balaban J connectivity index is 3.43. The maximum atomic E-state index is 7.17. The van der Waals surface area contributed by atoms with Gasteiger partial charge in [-0.3, -0.25) is 5.41 Å². The fourth-order valence-electron chi connectivity index (χ4n) is 0.413. The molecule has 0 aliphatic rings. The normalized spacial score (nSPS) is 9.44. The summed E-state index contributed by atoms with van der Waals surface area (Å²) in [6.45, 7) is 0. The molecule has 0 unspecified atom stereocenters. The monoisotopic (exact) mass is 188 g/mol. The van der Waals surface area contributed by atoms with Crippen LogP contribution in [-0.4, -0.2) is 9.66 Å².